The minimum absolute atomic E-state index is 0.00360. The van der Waals surface area contributed by atoms with Gasteiger partial charge in [0.15, 0.2) is 0 Å². The van der Waals surface area contributed by atoms with Crippen molar-refractivity contribution in [2.45, 2.75) is 95.2 Å². The van der Waals surface area contributed by atoms with Crippen molar-refractivity contribution in [3.8, 4) is 22.8 Å². The van der Waals surface area contributed by atoms with Crippen LogP contribution >= 0.6 is 0 Å². The maximum absolute atomic E-state index is 14.7. The molecule has 3 fully saturated rings. The zero-order chi connectivity index (χ0) is 37.7. The third kappa shape index (κ3) is 8.10. The predicted molar refractivity (Wildman–Crippen MR) is 205 cm³/mol. The van der Waals surface area contributed by atoms with Crippen LogP contribution in [0.5, 0.6) is 11.5 Å². The molecule has 11 heteroatoms. The molecular formula is C43H52N4O7. The first kappa shape index (κ1) is 37.4. The highest BCUT2D eigenvalue weighted by molar-refractivity contribution is 5.96. The molecule has 1 unspecified atom stereocenters. The summed E-state index contributed by atoms with van der Waals surface area (Å²) in [6.45, 7) is 3.53. The van der Waals surface area contributed by atoms with Crippen LogP contribution in [0.3, 0.4) is 0 Å². The van der Waals surface area contributed by atoms with Gasteiger partial charge in [0.05, 0.1) is 31.5 Å². The van der Waals surface area contributed by atoms with Crippen LogP contribution in [-0.4, -0.2) is 89.5 Å². The number of carbonyl (C=O) groups is 4. The lowest BCUT2D eigenvalue weighted by Gasteiger charge is -2.31. The smallest absolute Gasteiger partial charge is 0.332 e. The van der Waals surface area contributed by atoms with Crippen molar-refractivity contribution >= 4 is 34.6 Å². The number of allylic oxidation sites excluding steroid dienone is 1. The van der Waals surface area contributed by atoms with Crippen LogP contribution in [0.2, 0.25) is 0 Å². The number of methoxy groups -OCH3 is 1. The van der Waals surface area contributed by atoms with Crippen LogP contribution in [0.15, 0.2) is 66.7 Å². The number of benzene rings is 2. The zero-order valence-corrected chi connectivity index (χ0v) is 31.5. The van der Waals surface area contributed by atoms with Crippen LogP contribution < -0.4 is 14.8 Å². The number of aromatic nitrogens is 1. The van der Waals surface area contributed by atoms with Gasteiger partial charge in [0.25, 0.3) is 0 Å². The Bertz CT molecular complexity index is 1880. The summed E-state index contributed by atoms with van der Waals surface area (Å²) in [7, 11) is 1.61. The highest BCUT2D eigenvalue weighted by atomic mass is 16.5. The van der Waals surface area contributed by atoms with Gasteiger partial charge in [0, 0.05) is 60.8 Å². The molecule has 1 aliphatic carbocycles. The Morgan fingerprint density at radius 1 is 0.981 bits per heavy atom. The number of pyridine rings is 1. The number of nitrogens with one attached hydrogen (secondary N) is 1. The highest BCUT2D eigenvalue weighted by Gasteiger charge is 2.62. The Kier molecular flexibility index (Phi) is 11.5. The predicted octanol–water partition coefficient (Wildman–Crippen LogP) is 6.24. The molecular weight excluding hydrogens is 684 g/mol. The van der Waals surface area contributed by atoms with E-state index in [4.69, 9.17) is 19.2 Å². The summed E-state index contributed by atoms with van der Waals surface area (Å²) >= 11 is 0. The Labute approximate surface area is 317 Å². The largest absolute Gasteiger partial charge is 0.497 e. The summed E-state index contributed by atoms with van der Waals surface area (Å²) in [5, 5.41) is 3.84. The fourth-order valence-corrected chi connectivity index (χ4v) is 8.35. The highest BCUT2D eigenvalue weighted by Crippen LogP contribution is 2.46. The number of hydrogen-bond acceptors (Lipinski definition) is 8. The normalized spacial score (nSPS) is 26.8. The standard InChI is InChI=1S/C43H52N4O7/c1-3-53-42(51)43-27-31(43)18-12-6-4-5-9-17-30(23-39(48)46-21-13-8-14-22-46)41(50)47-28-33(25-37(47)40(49)45-43)54-38-26-35(29-15-10-7-11-16-29)44-36-24-32(52-2)19-20-34(36)38/h7,10-12,15-16,18-20,24,26,30-31,33,37H,3-6,8-9,13-14,17,21-23,25,27-28H2,1-2H3,(H,45,49)/b18-12-/t30-,31?,33-,37+,43-/m1/s1. The number of esters is 1. The van der Waals surface area contributed by atoms with Crippen molar-refractivity contribution in [2.24, 2.45) is 11.8 Å². The van der Waals surface area contributed by atoms with E-state index >= 15 is 0 Å². The number of likely N-dealkylation sites (tertiary alicyclic amines) is 1. The van der Waals surface area contributed by atoms with Crippen LogP contribution in [0.1, 0.15) is 77.6 Å². The summed E-state index contributed by atoms with van der Waals surface area (Å²) in [6.07, 6.45) is 11.4. The summed E-state index contributed by atoms with van der Waals surface area (Å²) < 4.78 is 17.8. The van der Waals surface area contributed by atoms with Gasteiger partial charge in [0.1, 0.15) is 29.2 Å². The molecule has 2 aromatic carbocycles. The number of rotatable bonds is 8. The lowest BCUT2D eigenvalue weighted by atomic mass is 9.94. The fourth-order valence-electron chi connectivity index (χ4n) is 8.35. The maximum atomic E-state index is 14.7. The number of carbonyl (C=O) groups excluding carboxylic acids is 4. The Morgan fingerprint density at radius 2 is 1.78 bits per heavy atom. The molecule has 11 nitrogen and oxygen atoms in total. The first-order valence-electron chi connectivity index (χ1n) is 19.7. The second kappa shape index (κ2) is 16.6. The third-order valence-electron chi connectivity index (χ3n) is 11.5. The van der Waals surface area contributed by atoms with E-state index in [0.29, 0.717) is 48.6 Å². The maximum Gasteiger partial charge on any atom is 0.332 e. The quantitative estimate of drug-likeness (QED) is 0.213. The van der Waals surface area contributed by atoms with Crippen molar-refractivity contribution < 1.29 is 33.4 Å². The van der Waals surface area contributed by atoms with Gasteiger partial charge < -0.3 is 29.3 Å². The summed E-state index contributed by atoms with van der Waals surface area (Å²) in [4.78, 5) is 64.6. The molecule has 2 saturated heterocycles. The van der Waals surface area contributed by atoms with Crippen LogP contribution in [0.4, 0.5) is 0 Å². The number of piperidine rings is 1. The minimum Gasteiger partial charge on any atom is -0.497 e. The Morgan fingerprint density at radius 3 is 2.56 bits per heavy atom. The summed E-state index contributed by atoms with van der Waals surface area (Å²) in [5.41, 5.74) is 1.15. The van der Waals surface area contributed by atoms with E-state index in [1.54, 1.807) is 18.9 Å². The van der Waals surface area contributed by atoms with Crippen molar-refractivity contribution in [3.05, 3.63) is 66.7 Å². The van der Waals surface area contributed by atoms with Gasteiger partial charge in [-0.3, -0.25) is 14.4 Å². The van der Waals surface area contributed by atoms with Gasteiger partial charge in [-0.2, -0.15) is 0 Å². The van der Waals surface area contributed by atoms with Gasteiger partial charge in [-0.25, -0.2) is 9.78 Å². The first-order chi connectivity index (χ1) is 26.3. The molecule has 3 aliphatic heterocycles. The van der Waals surface area contributed by atoms with Crippen LogP contribution in [-0.2, 0) is 23.9 Å². The molecule has 1 N–H and O–H groups in total. The minimum atomic E-state index is -1.17. The molecule has 54 heavy (non-hydrogen) atoms. The van der Waals surface area contributed by atoms with Gasteiger partial charge in [-0.1, -0.05) is 55.3 Å². The number of ether oxygens (including phenoxy) is 3. The molecule has 1 aromatic heterocycles. The molecule has 5 atom stereocenters. The van der Waals surface area contributed by atoms with Crippen molar-refractivity contribution in [3.63, 3.8) is 0 Å². The molecule has 0 radical (unpaired) electrons. The van der Waals surface area contributed by atoms with Crippen LogP contribution in [0.25, 0.3) is 22.2 Å². The topological polar surface area (TPSA) is 127 Å². The second-order valence-electron chi connectivity index (χ2n) is 15.1. The van der Waals surface area contributed by atoms with Gasteiger partial charge in [-0.05, 0) is 64.0 Å². The van der Waals surface area contributed by atoms with E-state index in [9.17, 15) is 19.2 Å². The summed E-state index contributed by atoms with van der Waals surface area (Å²) in [6, 6.07) is 16.5. The lowest BCUT2D eigenvalue weighted by molar-refractivity contribution is -0.150. The van der Waals surface area contributed by atoms with E-state index < -0.39 is 35.5 Å². The molecule has 1 saturated carbocycles. The Balaban J connectivity index is 1.22. The molecule has 3 aromatic rings. The number of nitrogens with zero attached hydrogens (tertiary/aromatic N) is 3. The molecule has 0 bridgehead atoms. The number of hydrogen-bond donors (Lipinski definition) is 1. The van der Waals surface area contributed by atoms with Crippen molar-refractivity contribution in [1.82, 2.24) is 20.1 Å². The average molecular weight is 737 g/mol. The molecule has 4 heterocycles. The van der Waals surface area contributed by atoms with E-state index in [1.807, 2.05) is 65.6 Å². The van der Waals surface area contributed by atoms with E-state index in [1.165, 1.54) is 0 Å². The lowest BCUT2D eigenvalue weighted by Crippen LogP contribution is -2.54. The fraction of sp³-hybridized carbons (Fsp3) is 0.512. The molecule has 7 rings (SSSR count). The Hall–Kier alpha value is -4.93. The molecule has 4 aliphatic rings. The average Bonchev–Trinajstić information content (AvgIpc) is 3.73. The van der Waals surface area contributed by atoms with Gasteiger partial charge in [0.2, 0.25) is 17.7 Å². The monoisotopic (exact) mass is 736 g/mol. The van der Waals surface area contributed by atoms with Crippen molar-refractivity contribution in [2.75, 3.05) is 33.4 Å². The zero-order valence-electron chi connectivity index (χ0n) is 31.5. The second-order valence-corrected chi connectivity index (χ2v) is 15.1. The first-order valence-corrected chi connectivity index (χ1v) is 19.7. The third-order valence-corrected chi connectivity index (χ3v) is 11.5. The molecule has 3 amide bonds. The van der Waals surface area contributed by atoms with E-state index in [0.717, 1.165) is 55.9 Å². The summed E-state index contributed by atoms with van der Waals surface area (Å²) in [5.74, 6) is -0.608. The van der Waals surface area contributed by atoms with Gasteiger partial charge in [-0.15, -0.1) is 0 Å². The van der Waals surface area contributed by atoms with Crippen LogP contribution in [0, 0.1) is 11.8 Å². The molecule has 286 valence electrons. The van der Waals surface area contributed by atoms with Crippen molar-refractivity contribution in [1.29, 1.82) is 0 Å². The molecule has 0 spiro atoms. The SMILES string of the molecule is CCOC(=O)[C@@]12CC1/C=C\CCCCC[C@H](CC(=O)N1CCCCC1)C(=O)N1C[C@H](Oc3cc(-c4ccccc4)nc4cc(OC)ccc34)C[C@H]1C(=O)N2. The van der Waals surface area contributed by atoms with E-state index in [2.05, 4.69) is 11.4 Å². The number of amides is 3. The van der Waals surface area contributed by atoms with Gasteiger partial charge >= 0.3 is 5.97 Å². The number of fused-ring (bicyclic) bond motifs is 3. The van der Waals surface area contributed by atoms with E-state index in [-0.39, 0.29) is 43.7 Å².